The lowest BCUT2D eigenvalue weighted by molar-refractivity contribution is 0.102. The maximum Gasteiger partial charge on any atom is 0.267 e. The van der Waals surface area contributed by atoms with E-state index in [-0.39, 0.29) is 17.1 Å². The molecule has 5 aromatic rings. The number of hydrogen-bond acceptors (Lipinski definition) is 5. The summed E-state index contributed by atoms with van der Waals surface area (Å²) < 4.78 is 3.46. The number of ketones is 1. The summed E-state index contributed by atoms with van der Waals surface area (Å²) in [5.41, 5.74) is 6.46. The summed E-state index contributed by atoms with van der Waals surface area (Å²) in [6, 6.07) is 19.4. The summed E-state index contributed by atoms with van der Waals surface area (Å²) >= 11 is 1.33. The smallest absolute Gasteiger partial charge is 0.267 e. The minimum atomic E-state index is -0.150. The maximum atomic E-state index is 13.5. The van der Waals surface area contributed by atoms with E-state index in [0.717, 1.165) is 34.3 Å². The molecule has 0 unspecified atom stereocenters. The molecule has 0 N–H and O–H groups in total. The van der Waals surface area contributed by atoms with Gasteiger partial charge in [-0.1, -0.05) is 49.0 Å². The number of aromatic nitrogens is 4. The van der Waals surface area contributed by atoms with E-state index < -0.39 is 0 Å². The molecule has 0 saturated carbocycles. The maximum absolute atomic E-state index is 13.5. The first-order chi connectivity index (χ1) is 16.9. The van der Waals surface area contributed by atoms with Gasteiger partial charge in [-0.15, -0.1) is 10.2 Å². The molecule has 0 amide bonds. The summed E-state index contributed by atoms with van der Waals surface area (Å²) in [7, 11) is 0. The van der Waals surface area contributed by atoms with Crippen molar-refractivity contribution in [3.63, 3.8) is 0 Å². The number of hydrogen-bond donors (Lipinski definition) is 0. The molecule has 176 valence electrons. The quantitative estimate of drug-likeness (QED) is 0.236. The summed E-state index contributed by atoms with van der Waals surface area (Å²) in [5, 5.41) is 9.92. The summed E-state index contributed by atoms with van der Waals surface area (Å²) in [6.07, 6.45) is 0.919. The number of para-hydroxylation sites is 1. The molecule has 0 aliphatic carbocycles. The third-order valence-electron chi connectivity index (χ3n) is 6.47. The van der Waals surface area contributed by atoms with Gasteiger partial charge in [0.25, 0.3) is 5.56 Å². The van der Waals surface area contributed by atoms with Crippen LogP contribution >= 0.6 is 11.8 Å². The lowest BCUT2D eigenvalue weighted by Crippen LogP contribution is -2.21. The van der Waals surface area contributed by atoms with Crippen LogP contribution in [0.3, 0.4) is 0 Å². The molecule has 0 aliphatic rings. The highest BCUT2D eigenvalue weighted by Gasteiger charge is 2.19. The molecule has 2 aromatic heterocycles. The molecule has 0 spiro atoms. The number of carbonyl (C=O) groups is 1. The van der Waals surface area contributed by atoms with Crippen LogP contribution in [0.5, 0.6) is 0 Å². The van der Waals surface area contributed by atoms with Crippen molar-refractivity contribution in [2.45, 2.75) is 39.3 Å². The summed E-state index contributed by atoms with van der Waals surface area (Å²) in [4.78, 5) is 26.6. The third-order valence-corrected chi connectivity index (χ3v) is 7.40. The fourth-order valence-corrected chi connectivity index (χ4v) is 5.18. The van der Waals surface area contributed by atoms with E-state index in [9.17, 15) is 9.59 Å². The average molecular weight is 483 g/mol. The van der Waals surface area contributed by atoms with Gasteiger partial charge < -0.3 is 0 Å². The van der Waals surface area contributed by atoms with Crippen LogP contribution < -0.4 is 5.56 Å². The Morgan fingerprint density at radius 3 is 2.37 bits per heavy atom. The molecule has 5 rings (SSSR count). The minimum absolute atomic E-state index is 0.0418. The molecular weight excluding hydrogens is 456 g/mol. The Balaban J connectivity index is 1.60. The van der Waals surface area contributed by atoms with Gasteiger partial charge in [-0.3, -0.25) is 14.0 Å². The van der Waals surface area contributed by atoms with Crippen molar-refractivity contribution in [3.05, 3.63) is 98.8 Å². The molecule has 7 heteroatoms. The largest absolute Gasteiger partial charge is 0.293 e. The van der Waals surface area contributed by atoms with Gasteiger partial charge in [0.05, 0.1) is 22.3 Å². The molecule has 0 atom stereocenters. The van der Waals surface area contributed by atoms with Gasteiger partial charge in [-0.25, -0.2) is 4.57 Å². The Labute approximate surface area is 207 Å². The van der Waals surface area contributed by atoms with E-state index in [1.807, 2.05) is 79.8 Å². The van der Waals surface area contributed by atoms with Crippen LogP contribution in [0.25, 0.3) is 22.4 Å². The number of fused-ring (bicyclic) bond motifs is 3. The van der Waals surface area contributed by atoms with Crippen molar-refractivity contribution >= 4 is 34.2 Å². The number of carbonyl (C=O) groups excluding carboxylic acids is 1. The first kappa shape index (κ1) is 23.1. The van der Waals surface area contributed by atoms with E-state index in [0.29, 0.717) is 16.3 Å². The summed E-state index contributed by atoms with van der Waals surface area (Å²) in [6.45, 7) is 8.13. The number of aryl methyl sites for hydroxylation is 4. The molecule has 0 aliphatic heterocycles. The summed E-state index contributed by atoms with van der Waals surface area (Å²) in [5.74, 6) is 0.693. The van der Waals surface area contributed by atoms with Crippen molar-refractivity contribution < 1.29 is 4.79 Å². The predicted molar refractivity (Wildman–Crippen MR) is 141 cm³/mol. The molecule has 0 saturated heterocycles. The van der Waals surface area contributed by atoms with Crippen molar-refractivity contribution in [3.8, 4) is 5.69 Å². The average Bonchev–Trinajstić information content (AvgIpc) is 3.29. The highest BCUT2D eigenvalue weighted by Crippen LogP contribution is 2.25. The molecular formula is C28H26N4O2S. The highest BCUT2D eigenvalue weighted by atomic mass is 32.2. The monoisotopic (exact) mass is 482 g/mol. The Morgan fingerprint density at radius 1 is 0.914 bits per heavy atom. The predicted octanol–water partition coefficient (Wildman–Crippen LogP) is 5.50. The van der Waals surface area contributed by atoms with E-state index in [1.165, 1.54) is 22.9 Å². The molecule has 0 radical (unpaired) electrons. The van der Waals surface area contributed by atoms with Crippen LogP contribution in [0.2, 0.25) is 0 Å². The van der Waals surface area contributed by atoms with Crippen LogP contribution in [0.15, 0.2) is 70.6 Å². The van der Waals surface area contributed by atoms with Gasteiger partial charge in [0.15, 0.2) is 10.9 Å². The van der Waals surface area contributed by atoms with E-state index in [2.05, 4.69) is 23.2 Å². The fraction of sp³-hybridized carbons (Fsp3) is 0.214. The minimum Gasteiger partial charge on any atom is -0.293 e. The van der Waals surface area contributed by atoms with Crippen LogP contribution in [-0.4, -0.2) is 30.7 Å². The van der Waals surface area contributed by atoms with Crippen LogP contribution in [0.1, 0.15) is 39.5 Å². The first-order valence-corrected chi connectivity index (χ1v) is 12.6. The number of rotatable bonds is 6. The van der Waals surface area contributed by atoms with Crippen molar-refractivity contribution in [2.75, 3.05) is 5.75 Å². The fourth-order valence-electron chi connectivity index (χ4n) is 4.35. The normalized spacial score (nSPS) is 11.4. The van der Waals surface area contributed by atoms with Gasteiger partial charge in [0, 0.05) is 5.56 Å². The SMILES string of the molecule is CCc1ccc(-n2c(=O)c3ccccc3n3c(SCC(=O)c4cc(C)c(C)cc4C)nnc23)cc1. The molecule has 3 aromatic carbocycles. The number of nitrogens with zero attached hydrogens (tertiary/aromatic N) is 4. The van der Waals surface area contributed by atoms with Gasteiger partial charge in [0.2, 0.25) is 5.78 Å². The van der Waals surface area contributed by atoms with Gasteiger partial charge in [0.1, 0.15) is 0 Å². The lowest BCUT2D eigenvalue weighted by Gasteiger charge is -2.12. The Hall–Kier alpha value is -3.71. The zero-order chi connectivity index (χ0) is 24.7. The number of thioether (sulfide) groups is 1. The van der Waals surface area contributed by atoms with Crippen LogP contribution in [-0.2, 0) is 6.42 Å². The Morgan fingerprint density at radius 2 is 1.63 bits per heavy atom. The second-order valence-corrected chi connectivity index (χ2v) is 9.70. The van der Waals surface area contributed by atoms with Gasteiger partial charge in [-0.05, 0) is 79.8 Å². The molecule has 2 heterocycles. The zero-order valence-electron chi connectivity index (χ0n) is 20.2. The Bertz CT molecular complexity index is 1650. The topological polar surface area (TPSA) is 69.3 Å². The van der Waals surface area contributed by atoms with Crippen LogP contribution in [0.4, 0.5) is 0 Å². The molecule has 6 nitrogen and oxygen atoms in total. The molecule has 35 heavy (non-hydrogen) atoms. The van der Waals surface area contributed by atoms with Crippen molar-refractivity contribution in [2.24, 2.45) is 0 Å². The lowest BCUT2D eigenvalue weighted by atomic mass is 9.99. The van der Waals surface area contributed by atoms with Crippen molar-refractivity contribution in [1.82, 2.24) is 19.2 Å². The van der Waals surface area contributed by atoms with Gasteiger partial charge >= 0.3 is 0 Å². The van der Waals surface area contributed by atoms with Crippen LogP contribution in [0, 0.1) is 20.8 Å². The standard InChI is InChI=1S/C28H26N4O2S/c1-5-20-10-12-21(13-11-20)31-26(34)22-8-6-7-9-24(22)32-27(31)29-30-28(32)35-16-25(33)23-15-18(3)17(2)14-19(23)4/h6-15H,5,16H2,1-4H3. The van der Waals surface area contributed by atoms with Gasteiger partial charge in [-0.2, -0.15) is 0 Å². The zero-order valence-corrected chi connectivity index (χ0v) is 21.0. The molecule has 0 fully saturated rings. The third kappa shape index (κ3) is 4.06. The Kier molecular flexibility index (Phi) is 6.03. The highest BCUT2D eigenvalue weighted by molar-refractivity contribution is 7.99. The number of benzene rings is 3. The van der Waals surface area contributed by atoms with E-state index in [1.54, 1.807) is 4.57 Å². The molecule has 0 bridgehead atoms. The van der Waals surface area contributed by atoms with Crippen molar-refractivity contribution in [1.29, 1.82) is 0 Å². The van der Waals surface area contributed by atoms with E-state index in [4.69, 9.17) is 0 Å². The first-order valence-electron chi connectivity index (χ1n) is 11.6. The second kappa shape index (κ2) is 9.15. The van der Waals surface area contributed by atoms with E-state index >= 15 is 0 Å². The number of Topliss-reactive ketones (excluding diaryl/α,β-unsaturated/α-hetero) is 1. The second-order valence-electron chi connectivity index (χ2n) is 8.76.